The zero-order valence-corrected chi connectivity index (χ0v) is 45.1. The summed E-state index contributed by atoms with van der Waals surface area (Å²) in [7, 11) is 0. The van der Waals surface area contributed by atoms with Gasteiger partial charge in [0.25, 0.3) is 0 Å². The Hall–Kier alpha value is -1.66. The molecule has 0 radical (unpaired) electrons. The highest BCUT2D eigenvalue weighted by atomic mass is 16.5. The maximum atomic E-state index is 12.5. The van der Waals surface area contributed by atoms with Gasteiger partial charge in [0.1, 0.15) is 0 Å². The summed E-state index contributed by atoms with van der Waals surface area (Å²) in [6.07, 6.45) is 68.9. The molecule has 0 saturated carbocycles. The molecule has 0 aliphatic heterocycles. The Bertz CT molecular complexity index is 1040. The number of aliphatic hydroxyl groups is 2. The van der Waals surface area contributed by atoms with Crippen LogP contribution in [0.2, 0.25) is 0 Å². The van der Waals surface area contributed by atoms with Crippen molar-refractivity contribution >= 4 is 11.9 Å². The molecule has 0 aliphatic rings. The van der Waals surface area contributed by atoms with Crippen LogP contribution in [-0.2, 0) is 14.3 Å². The summed E-state index contributed by atoms with van der Waals surface area (Å²) < 4.78 is 5.47. The van der Waals surface area contributed by atoms with Crippen molar-refractivity contribution in [2.45, 2.75) is 341 Å². The normalized spacial score (nSPS) is 12.7. The third-order valence-corrected chi connectivity index (χ3v) is 14.0. The van der Waals surface area contributed by atoms with Gasteiger partial charge in [-0.15, -0.1) is 0 Å². The van der Waals surface area contributed by atoms with Crippen LogP contribution < -0.4 is 5.32 Å². The average Bonchev–Trinajstić information content (AvgIpc) is 3.33. The molecule has 0 saturated heterocycles. The lowest BCUT2D eigenvalue weighted by Gasteiger charge is -2.22. The first-order chi connectivity index (χ1) is 33.0. The molecule has 0 bridgehead atoms. The molecule has 0 aromatic carbocycles. The molecule has 0 rings (SSSR count). The van der Waals surface area contributed by atoms with Crippen molar-refractivity contribution in [1.29, 1.82) is 0 Å². The fourth-order valence-electron chi connectivity index (χ4n) is 9.40. The number of hydrogen-bond acceptors (Lipinski definition) is 5. The highest BCUT2D eigenvalue weighted by Gasteiger charge is 2.20. The standard InChI is InChI=1S/C61H117NO5/c1-3-5-7-9-11-13-15-17-19-23-27-31-35-39-43-47-51-55-61(66)67-56-52-48-44-40-36-32-28-25-22-20-21-24-26-30-34-38-42-46-50-54-60(65)62-58(57-63)59(64)53-49-45-41-37-33-29-18-16-14-12-10-8-6-4-2/h25,28,32,36,58-59,63-64H,3-24,26-27,29-31,33-35,37-57H2,1-2H3,(H,62,65)/b28-25-,36-32-. The van der Waals surface area contributed by atoms with Crippen molar-refractivity contribution in [2.24, 2.45) is 0 Å². The first-order valence-corrected chi connectivity index (χ1v) is 30.1. The van der Waals surface area contributed by atoms with E-state index in [9.17, 15) is 19.8 Å². The van der Waals surface area contributed by atoms with Crippen LogP contribution in [0, 0.1) is 0 Å². The SMILES string of the molecule is CCCCCCCCCCCCCCCCCCCC(=O)OCCCCC/C=C\C=C/CCCCCCCCCCCCC(=O)NC(CO)C(O)CCCCCCCCCCCCCCCC. The highest BCUT2D eigenvalue weighted by molar-refractivity contribution is 5.76. The molecule has 2 atom stereocenters. The molecule has 396 valence electrons. The van der Waals surface area contributed by atoms with Crippen molar-refractivity contribution in [2.75, 3.05) is 13.2 Å². The minimum Gasteiger partial charge on any atom is -0.466 e. The van der Waals surface area contributed by atoms with Gasteiger partial charge in [-0.05, 0) is 57.8 Å². The minimum atomic E-state index is -0.670. The predicted molar refractivity (Wildman–Crippen MR) is 292 cm³/mol. The molecule has 0 aromatic rings. The molecule has 67 heavy (non-hydrogen) atoms. The summed E-state index contributed by atoms with van der Waals surface area (Å²) >= 11 is 0. The van der Waals surface area contributed by atoms with Crippen LogP contribution in [-0.4, -0.2) is 47.4 Å². The van der Waals surface area contributed by atoms with E-state index in [1.807, 2.05) is 0 Å². The molecule has 0 aromatic heterocycles. The molecule has 1 amide bonds. The smallest absolute Gasteiger partial charge is 0.305 e. The topological polar surface area (TPSA) is 95.9 Å². The van der Waals surface area contributed by atoms with Gasteiger partial charge in [0, 0.05) is 12.8 Å². The second kappa shape index (κ2) is 56.9. The van der Waals surface area contributed by atoms with Crippen LogP contribution in [0.3, 0.4) is 0 Å². The van der Waals surface area contributed by atoms with E-state index in [0.717, 1.165) is 70.6 Å². The van der Waals surface area contributed by atoms with Crippen molar-refractivity contribution in [3.63, 3.8) is 0 Å². The number of nitrogens with one attached hydrogen (secondary N) is 1. The average molecular weight is 945 g/mol. The van der Waals surface area contributed by atoms with Gasteiger partial charge in [0.05, 0.1) is 25.4 Å². The number of rotatable bonds is 56. The molecule has 0 heterocycles. The number of carbonyl (C=O) groups is 2. The first-order valence-electron chi connectivity index (χ1n) is 30.1. The molecule has 3 N–H and O–H groups in total. The summed E-state index contributed by atoms with van der Waals surface area (Å²) in [4.78, 5) is 24.5. The number of esters is 1. The van der Waals surface area contributed by atoms with E-state index in [1.165, 1.54) is 225 Å². The van der Waals surface area contributed by atoms with Crippen molar-refractivity contribution < 1.29 is 24.5 Å². The summed E-state index contributed by atoms with van der Waals surface area (Å²) in [6.45, 7) is 4.93. The summed E-state index contributed by atoms with van der Waals surface area (Å²) in [5.74, 6) is -0.0526. The number of unbranched alkanes of at least 4 members (excludes halogenated alkanes) is 42. The number of aliphatic hydroxyl groups excluding tert-OH is 2. The zero-order valence-electron chi connectivity index (χ0n) is 45.1. The Morgan fingerprint density at radius 2 is 0.731 bits per heavy atom. The zero-order chi connectivity index (χ0) is 48.6. The monoisotopic (exact) mass is 944 g/mol. The fourth-order valence-corrected chi connectivity index (χ4v) is 9.40. The molecular formula is C61H117NO5. The van der Waals surface area contributed by atoms with Crippen molar-refractivity contribution in [3.8, 4) is 0 Å². The lowest BCUT2D eigenvalue weighted by atomic mass is 10.0. The second-order valence-corrected chi connectivity index (χ2v) is 20.7. The molecule has 6 nitrogen and oxygen atoms in total. The molecule has 2 unspecified atom stereocenters. The number of amides is 1. The maximum absolute atomic E-state index is 12.5. The maximum Gasteiger partial charge on any atom is 0.305 e. The van der Waals surface area contributed by atoms with Gasteiger partial charge in [-0.3, -0.25) is 9.59 Å². The summed E-state index contributed by atoms with van der Waals surface area (Å²) in [5.41, 5.74) is 0. The van der Waals surface area contributed by atoms with Crippen LogP contribution in [0.1, 0.15) is 328 Å². The Morgan fingerprint density at radius 1 is 0.418 bits per heavy atom. The number of allylic oxidation sites excluding steroid dienone is 4. The minimum absolute atomic E-state index is 0.00906. The van der Waals surface area contributed by atoms with E-state index >= 15 is 0 Å². The highest BCUT2D eigenvalue weighted by Crippen LogP contribution is 2.17. The number of hydrogen-bond donors (Lipinski definition) is 3. The lowest BCUT2D eigenvalue weighted by molar-refractivity contribution is -0.143. The van der Waals surface area contributed by atoms with E-state index in [1.54, 1.807) is 0 Å². The van der Waals surface area contributed by atoms with Crippen LogP contribution in [0.15, 0.2) is 24.3 Å². The van der Waals surface area contributed by atoms with Crippen molar-refractivity contribution in [3.05, 3.63) is 24.3 Å². The van der Waals surface area contributed by atoms with Gasteiger partial charge in [0.15, 0.2) is 0 Å². The predicted octanol–water partition coefficient (Wildman–Crippen LogP) is 18.6. The lowest BCUT2D eigenvalue weighted by Crippen LogP contribution is -2.45. The van der Waals surface area contributed by atoms with Gasteiger partial charge in [-0.25, -0.2) is 0 Å². The third kappa shape index (κ3) is 53.5. The largest absolute Gasteiger partial charge is 0.466 e. The molecule has 0 aliphatic carbocycles. The van der Waals surface area contributed by atoms with Gasteiger partial charge in [0.2, 0.25) is 5.91 Å². The van der Waals surface area contributed by atoms with Crippen LogP contribution in [0.4, 0.5) is 0 Å². The molecule has 0 fully saturated rings. The van der Waals surface area contributed by atoms with Crippen molar-refractivity contribution in [1.82, 2.24) is 5.32 Å². The fraction of sp³-hybridized carbons (Fsp3) is 0.902. The van der Waals surface area contributed by atoms with E-state index in [4.69, 9.17) is 4.74 Å². The van der Waals surface area contributed by atoms with Crippen LogP contribution >= 0.6 is 0 Å². The Kier molecular flexibility index (Phi) is 55.5. The number of carbonyl (C=O) groups excluding carboxylic acids is 2. The van der Waals surface area contributed by atoms with Crippen LogP contribution in [0.5, 0.6) is 0 Å². The quantitative estimate of drug-likeness (QED) is 0.0321. The van der Waals surface area contributed by atoms with E-state index < -0.39 is 12.1 Å². The van der Waals surface area contributed by atoms with Gasteiger partial charge >= 0.3 is 5.97 Å². The van der Waals surface area contributed by atoms with Gasteiger partial charge < -0.3 is 20.3 Å². The Labute approximate surface area is 418 Å². The molecule has 0 spiro atoms. The summed E-state index contributed by atoms with van der Waals surface area (Å²) in [6, 6.07) is -0.548. The third-order valence-electron chi connectivity index (χ3n) is 14.0. The summed E-state index contributed by atoms with van der Waals surface area (Å²) in [5, 5.41) is 23.2. The van der Waals surface area contributed by atoms with E-state index in [0.29, 0.717) is 25.9 Å². The van der Waals surface area contributed by atoms with Crippen LogP contribution in [0.25, 0.3) is 0 Å². The Balaban J connectivity index is 3.45. The van der Waals surface area contributed by atoms with E-state index in [-0.39, 0.29) is 18.5 Å². The molecular weight excluding hydrogens is 827 g/mol. The Morgan fingerprint density at radius 3 is 1.10 bits per heavy atom. The van der Waals surface area contributed by atoms with Gasteiger partial charge in [-0.1, -0.05) is 282 Å². The first kappa shape index (κ1) is 65.3. The number of ether oxygens (including phenoxy) is 1. The van der Waals surface area contributed by atoms with Gasteiger partial charge in [-0.2, -0.15) is 0 Å². The van der Waals surface area contributed by atoms with E-state index in [2.05, 4.69) is 43.5 Å². The molecule has 6 heteroatoms. The second-order valence-electron chi connectivity index (χ2n) is 20.7.